The second kappa shape index (κ2) is 9.18. The Morgan fingerprint density at radius 1 is 1.32 bits per heavy atom. The first kappa shape index (κ1) is 20.3. The lowest BCUT2D eigenvalue weighted by atomic mass is 10.2. The first-order valence-corrected chi connectivity index (χ1v) is 9.82. The summed E-state index contributed by atoms with van der Waals surface area (Å²) in [7, 11) is 1.54. The van der Waals surface area contributed by atoms with Crippen molar-refractivity contribution in [3.8, 4) is 0 Å². The molecule has 0 unspecified atom stereocenters. The number of esters is 1. The van der Waals surface area contributed by atoms with Gasteiger partial charge in [-0.1, -0.05) is 29.8 Å². The zero-order chi connectivity index (χ0) is 20.1. The van der Waals surface area contributed by atoms with Gasteiger partial charge in [0.05, 0.1) is 18.8 Å². The second-order valence-corrected chi connectivity index (χ2v) is 7.52. The Hall–Kier alpha value is -2.42. The van der Waals surface area contributed by atoms with Crippen LogP contribution in [0.4, 0.5) is 0 Å². The molecule has 0 aliphatic carbocycles. The van der Waals surface area contributed by atoms with Crippen LogP contribution in [0.2, 0.25) is 5.02 Å². The molecule has 0 bridgehead atoms. The number of ether oxygens (including phenoxy) is 2. The monoisotopic (exact) mass is 421 g/mol. The number of methoxy groups -OCH3 is 1. The van der Waals surface area contributed by atoms with Crippen LogP contribution in [0, 0.1) is 6.92 Å². The number of nitrogens with zero attached hydrogens (tertiary/aromatic N) is 2. The Balaban J connectivity index is 1.71. The molecule has 148 valence electrons. The fourth-order valence-electron chi connectivity index (χ4n) is 2.65. The van der Waals surface area contributed by atoms with Crippen LogP contribution in [0.3, 0.4) is 0 Å². The van der Waals surface area contributed by atoms with Crippen molar-refractivity contribution in [1.82, 2.24) is 15.1 Å². The van der Waals surface area contributed by atoms with Crippen molar-refractivity contribution in [3.63, 3.8) is 0 Å². The van der Waals surface area contributed by atoms with Gasteiger partial charge in [0.15, 0.2) is 6.61 Å². The number of carbonyl (C=O) groups is 2. The van der Waals surface area contributed by atoms with Gasteiger partial charge >= 0.3 is 5.97 Å². The molecule has 3 rings (SSSR count). The molecular weight excluding hydrogens is 402 g/mol. The minimum atomic E-state index is -0.535. The van der Waals surface area contributed by atoms with Crippen LogP contribution in [0.15, 0.2) is 30.3 Å². The Morgan fingerprint density at radius 2 is 2.11 bits per heavy atom. The third-order valence-electron chi connectivity index (χ3n) is 4.05. The zero-order valence-corrected chi connectivity index (χ0v) is 17.1. The van der Waals surface area contributed by atoms with Gasteiger partial charge < -0.3 is 14.8 Å². The van der Waals surface area contributed by atoms with Crippen LogP contribution in [0.1, 0.15) is 20.9 Å². The van der Waals surface area contributed by atoms with E-state index in [1.165, 1.54) is 11.3 Å². The lowest BCUT2D eigenvalue weighted by molar-refractivity contribution is -0.124. The van der Waals surface area contributed by atoms with E-state index in [1.807, 2.05) is 35.9 Å². The smallest absolute Gasteiger partial charge is 0.348 e. The number of aryl methyl sites for hydroxylation is 1. The number of hydrogen-bond acceptors (Lipinski definition) is 6. The molecule has 0 aliphatic rings. The van der Waals surface area contributed by atoms with Gasteiger partial charge in [-0.25, -0.2) is 4.79 Å². The molecular formula is C19H20ClN3O4S. The summed E-state index contributed by atoms with van der Waals surface area (Å²) in [5.74, 6) is -0.903. The predicted molar refractivity (Wildman–Crippen MR) is 108 cm³/mol. The average molecular weight is 422 g/mol. The first-order chi connectivity index (χ1) is 13.5. The molecule has 2 aromatic heterocycles. The first-order valence-electron chi connectivity index (χ1n) is 8.62. The Bertz CT molecular complexity index is 998. The summed E-state index contributed by atoms with van der Waals surface area (Å²) in [6, 6.07) is 9.32. The largest absolute Gasteiger partial charge is 0.451 e. The topological polar surface area (TPSA) is 82.4 Å². The summed E-state index contributed by atoms with van der Waals surface area (Å²) >= 11 is 7.53. The van der Waals surface area contributed by atoms with Crippen LogP contribution >= 0.6 is 22.9 Å². The highest BCUT2D eigenvalue weighted by Crippen LogP contribution is 2.30. The van der Waals surface area contributed by atoms with E-state index in [2.05, 4.69) is 10.4 Å². The number of nitrogens with one attached hydrogen (secondary N) is 1. The molecule has 0 atom stereocenters. The van der Waals surface area contributed by atoms with E-state index in [0.717, 1.165) is 21.5 Å². The molecule has 3 aromatic rings. The maximum atomic E-state index is 12.3. The maximum absolute atomic E-state index is 12.3. The van der Waals surface area contributed by atoms with Crippen molar-refractivity contribution in [1.29, 1.82) is 0 Å². The summed E-state index contributed by atoms with van der Waals surface area (Å²) in [6.07, 6.45) is 0. The highest BCUT2D eigenvalue weighted by atomic mass is 35.5. The minimum absolute atomic E-state index is 0.332. The average Bonchev–Trinajstić information content (AvgIpc) is 3.23. The third kappa shape index (κ3) is 4.70. The van der Waals surface area contributed by atoms with Gasteiger partial charge in [0, 0.05) is 24.1 Å². The van der Waals surface area contributed by atoms with E-state index in [0.29, 0.717) is 29.6 Å². The zero-order valence-electron chi connectivity index (χ0n) is 15.5. The highest BCUT2D eigenvalue weighted by molar-refractivity contribution is 7.20. The third-order valence-corrected chi connectivity index (χ3v) is 5.55. The fraction of sp³-hybridized carbons (Fsp3) is 0.316. The molecule has 0 saturated heterocycles. The number of carbonyl (C=O) groups excluding carboxylic acids is 2. The van der Waals surface area contributed by atoms with Gasteiger partial charge in [0.2, 0.25) is 0 Å². The molecule has 0 spiro atoms. The number of hydrogen-bond donors (Lipinski definition) is 1. The summed E-state index contributed by atoms with van der Waals surface area (Å²) in [6.45, 7) is 2.82. The van der Waals surface area contributed by atoms with Crippen molar-refractivity contribution in [3.05, 3.63) is 51.5 Å². The van der Waals surface area contributed by atoms with E-state index < -0.39 is 5.97 Å². The predicted octanol–water partition coefficient (Wildman–Crippen LogP) is 3.03. The molecule has 1 amide bonds. The van der Waals surface area contributed by atoms with Crippen LogP contribution in [0.5, 0.6) is 0 Å². The van der Waals surface area contributed by atoms with Gasteiger partial charge in [-0.05, 0) is 24.6 Å². The molecule has 2 heterocycles. The maximum Gasteiger partial charge on any atom is 0.348 e. The second-order valence-electron chi connectivity index (χ2n) is 6.08. The lowest BCUT2D eigenvalue weighted by Gasteiger charge is -2.05. The molecule has 0 saturated carbocycles. The van der Waals surface area contributed by atoms with Crippen LogP contribution in [-0.2, 0) is 20.8 Å². The molecule has 28 heavy (non-hydrogen) atoms. The molecule has 1 N–H and O–H groups in total. The Morgan fingerprint density at radius 3 is 2.86 bits per heavy atom. The van der Waals surface area contributed by atoms with Gasteiger partial charge in [-0.15, -0.1) is 11.3 Å². The van der Waals surface area contributed by atoms with E-state index in [4.69, 9.17) is 21.1 Å². The number of aromatic nitrogens is 2. The summed E-state index contributed by atoms with van der Waals surface area (Å²) in [5, 5.41) is 8.69. The van der Waals surface area contributed by atoms with Crippen LogP contribution in [0.25, 0.3) is 10.2 Å². The van der Waals surface area contributed by atoms with Crippen molar-refractivity contribution in [2.45, 2.75) is 13.5 Å². The highest BCUT2D eigenvalue weighted by Gasteiger charge is 2.18. The van der Waals surface area contributed by atoms with Gasteiger partial charge in [0.1, 0.15) is 9.71 Å². The van der Waals surface area contributed by atoms with E-state index in [-0.39, 0.29) is 12.5 Å². The summed E-state index contributed by atoms with van der Waals surface area (Å²) < 4.78 is 11.8. The van der Waals surface area contributed by atoms with Crippen molar-refractivity contribution in [2.75, 3.05) is 26.9 Å². The number of fused-ring (bicyclic) bond motifs is 1. The van der Waals surface area contributed by atoms with Gasteiger partial charge in [-0.3, -0.25) is 9.48 Å². The quantitative estimate of drug-likeness (QED) is 0.446. The van der Waals surface area contributed by atoms with Gasteiger partial charge in [0.25, 0.3) is 5.91 Å². The van der Waals surface area contributed by atoms with Crippen molar-refractivity contribution < 1.29 is 19.1 Å². The van der Waals surface area contributed by atoms with Crippen molar-refractivity contribution >= 4 is 45.0 Å². The van der Waals surface area contributed by atoms with Crippen LogP contribution < -0.4 is 5.32 Å². The standard InChI is InChI=1S/C19H20ClN3O4S/c1-12-14-9-16(19(25)27-11-17(24)21-7-8-26-2)28-18(14)23(22-12)10-13-5-3-4-6-15(13)20/h3-6,9H,7-8,10-11H2,1-2H3,(H,21,24). The van der Waals surface area contributed by atoms with E-state index >= 15 is 0 Å². The molecule has 0 fully saturated rings. The SMILES string of the molecule is COCCNC(=O)COC(=O)c1cc2c(C)nn(Cc3ccccc3Cl)c2s1. The number of benzene rings is 1. The normalized spacial score (nSPS) is 11.0. The molecule has 7 nitrogen and oxygen atoms in total. The van der Waals surface area contributed by atoms with Gasteiger partial charge in [-0.2, -0.15) is 5.10 Å². The molecule has 9 heteroatoms. The molecule has 0 radical (unpaired) electrons. The number of amides is 1. The fourth-order valence-corrected chi connectivity index (χ4v) is 3.90. The van der Waals surface area contributed by atoms with Crippen LogP contribution in [-0.4, -0.2) is 48.5 Å². The van der Waals surface area contributed by atoms with E-state index in [9.17, 15) is 9.59 Å². The summed E-state index contributed by atoms with van der Waals surface area (Å²) in [5.41, 5.74) is 1.76. The Labute approximate surface area is 171 Å². The molecule has 0 aliphatic heterocycles. The lowest BCUT2D eigenvalue weighted by Crippen LogP contribution is -2.31. The summed E-state index contributed by atoms with van der Waals surface area (Å²) in [4.78, 5) is 25.2. The number of thiophene rings is 1. The molecule has 1 aromatic carbocycles. The number of halogens is 1. The Kier molecular flexibility index (Phi) is 6.66. The van der Waals surface area contributed by atoms with E-state index in [1.54, 1.807) is 13.2 Å². The van der Waals surface area contributed by atoms with Crippen molar-refractivity contribution in [2.24, 2.45) is 0 Å². The minimum Gasteiger partial charge on any atom is -0.451 e. The number of rotatable bonds is 8.